The molecule has 11 heavy (non-hydrogen) atoms. The van der Waals surface area contributed by atoms with E-state index in [4.69, 9.17) is 10.9 Å². The van der Waals surface area contributed by atoms with Crippen molar-refractivity contribution in [1.29, 1.82) is 0 Å². The van der Waals surface area contributed by atoms with Crippen molar-refractivity contribution in [3.05, 3.63) is 0 Å². The molecule has 5 nitrogen and oxygen atoms in total. The Hall–Kier alpha value is -1.10. The number of primary amides is 1. The predicted octanol–water partition coefficient (Wildman–Crippen LogP) is -0.901. The summed E-state index contributed by atoms with van der Waals surface area (Å²) in [6.45, 7) is 0.294. The molecule has 0 aromatic heterocycles. The zero-order valence-electron chi connectivity index (χ0n) is 5.99. The van der Waals surface area contributed by atoms with E-state index in [1.54, 1.807) is 0 Å². The Morgan fingerprint density at radius 1 is 1.73 bits per heavy atom. The van der Waals surface area contributed by atoms with E-state index < -0.39 is 17.7 Å². The van der Waals surface area contributed by atoms with E-state index in [0.29, 0.717) is 24.4 Å². The maximum absolute atomic E-state index is 10.9. The van der Waals surface area contributed by atoms with Crippen molar-refractivity contribution in [2.75, 3.05) is 6.54 Å². The number of piperidine rings is 1. The molecule has 0 saturated carbocycles. The van der Waals surface area contributed by atoms with Crippen LogP contribution in [0, 0.1) is 5.92 Å². The van der Waals surface area contributed by atoms with Gasteiger partial charge < -0.3 is 5.73 Å². The van der Waals surface area contributed by atoms with Gasteiger partial charge >= 0.3 is 0 Å². The van der Waals surface area contributed by atoms with Gasteiger partial charge in [-0.15, -0.1) is 0 Å². The SMILES string of the molecule is NC(=O)C1CCCN(O)C1=O. The lowest BCUT2D eigenvalue weighted by molar-refractivity contribution is -0.177. The van der Waals surface area contributed by atoms with Gasteiger partial charge in [-0.25, -0.2) is 5.06 Å². The van der Waals surface area contributed by atoms with E-state index in [0.717, 1.165) is 0 Å². The molecule has 1 aliphatic heterocycles. The van der Waals surface area contributed by atoms with Crippen molar-refractivity contribution in [2.24, 2.45) is 11.7 Å². The van der Waals surface area contributed by atoms with E-state index in [2.05, 4.69) is 0 Å². The van der Waals surface area contributed by atoms with Gasteiger partial charge in [-0.05, 0) is 12.8 Å². The molecule has 1 heterocycles. The van der Waals surface area contributed by atoms with E-state index in [9.17, 15) is 9.59 Å². The first kappa shape index (κ1) is 8.00. The van der Waals surface area contributed by atoms with Gasteiger partial charge in [0.05, 0.1) is 0 Å². The third kappa shape index (κ3) is 1.48. The minimum atomic E-state index is -0.825. The van der Waals surface area contributed by atoms with Crippen LogP contribution in [0.5, 0.6) is 0 Å². The van der Waals surface area contributed by atoms with Crippen LogP contribution in [-0.2, 0) is 9.59 Å². The van der Waals surface area contributed by atoms with E-state index in [1.165, 1.54) is 0 Å². The molecule has 0 bridgehead atoms. The largest absolute Gasteiger partial charge is 0.369 e. The first-order valence-electron chi connectivity index (χ1n) is 3.42. The zero-order valence-corrected chi connectivity index (χ0v) is 5.99. The highest BCUT2D eigenvalue weighted by Crippen LogP contribution is 2.15. The van der Waals surface area contributed by atoms with Crippen LogP contribution in [0.2, 0.25) is 0 Å². The summed E-state index contributed by atoms with van der Waals surface area (Å²) in [5.74, 6) is -2.06. The van der Waals surface area contributed by atoms with Crippen LogP contribution in [-0.4, -0.2) is 28.6 Å². The van der Waals surface area contributed by atoms with E-state index in [-0.39, 0.29) is 0 Å². The fraction of sp³-hybridized carbons (Fsp3) is 0.667. The lowest BCUT2D eigenvalue weighted by Crippen LogP contribution is -2.44. The predicted molar refractivity (Wildman–Crippen MR) is 35.4 cm³/mol. The van der Waals surface area contributed by atoms with Crippen molar-refractivity contribution in [3.63, 3.8) is 0 Å². The molecule has 1 atom stereocenters. The number of nitrogens with zero attached hydrogens (tertiary/aromatic N) is 1. The fourth-order valence-corrected chi connectivity index (χ4v) is 1.12. The zero-order chi connectivity index (χ0) is 8.43. The maximum Gasteiger partial charge on any atom is 0.258 e. The Balaban J connectivity index is 2.66. The number of hydrogen-bond donors (Lipinski definition) is 2. The van der Waals surface area contributed by atoms with Crippen LogP contribution in [0.4, 0.5) is 0 Å². The van der Waals surface area contributed by atoms with Gasteiger partial charge in [-0.3, -0.25) is 14.8 Å². The third-order valence-electron chi connectivity index (χ3n) is 1.76. The molecular weight excluding hydrogens is 148 g/mol. The number of rotatable bonds is 1. The normalized spacial score (nSPS) is 25.4. The highest BCUT2D eigenvalue weighted by Gasteiger charge is 2.31. The minimum absolute atomic E-state index is 0.294. The fourth-order valence-electron chi connectivity index (χ4n) is 1.12. The van der Waals surface area contributed by atoms with Crippen molar-refractivity contribution < 1.29 is 14.8 Å². The highest BCUT2D eigenvalue weighted by molar-refractivity contribution is 5.99. The molecule has 1 aliphatic rings. The van der Waals surface area contributed by atoms with Crippen molar-refractivity contribution in [1.82, 2.24) is 5.06 Å². The topological polar surface area (TPSA) is 83.6 Å². The van der Waals surface area contributed by atoms with Gasteiger partial charge in [0.25, 0.3) is 5.91 Å². The van der Waals surface area contributed by atoms with Crippen molar-refractivity contribution >= 4 is 11.8 Å². The van der Waals surface area contributed by atoms with Gasteiger partial charge in [0.2, 0.25) is 5.91 Å². The Bertz CT molecular complexity index is 192. The average molecular weight is 158 g/mol. The monoisotopic (exact) mass is 158 g/mol. The number of amides is 2. The van der Waals surface area contributed by atoms with Crippen LogP contribution in [0.25, 0.3) is 0 Å². The van der Waals surface area contributed by atoms with Crippen molar-refractivity contribution in [2.45, 2.75) is 12.8 Å². The summed E-state index contributed by atoms with van der Waals surface area (Å²) in [5, 5.41) is 9.43. The minimum Gasteiger partial charge on any atom is -0.369 e. The molecule has 5 heteroatoms. The number of carbonyl (C=O) groups excluding carboxylic acids is 2. The Morgan fingerprint density at radius 3 is 2.82 bits per heavy atom. The highest BCUT2D eigenvalue weighted by atomic mass is 16.5. The first-order valence-corrected chi connectivity index (χ1v) is 3.42. The smallest absolute Gasteiger partial charge is 0.258 e. The van der Waals surface area contributed by atoms with Crippen LogP contribution >= 0.6 is 0 Å². The summed E-state index contributed by atoms with van der Waals surface area (Å²) in [6.07, 6.45) is 1.07. The number of hydrogen-bond acceptors (Lipinski definition) is 3. The first-order chi connectivity index (χ1) is 5.13. The number of hydroxylamine groups is 2. The summed E-state index contributed by atoms with van der Waals surface area (Å²) >= 11 is 0. The van der Waals surface area contributed by atoms with Crippen LogP contribution in [0.1, 0.15) is 12.8 Å². The number of nitrogens with two attached hydrogens (primary N) is 1. The van der Waals surface area contributed by atoms with Gasteiger partial charge in [0.1, 0.15) is 5.92 Å². The van der Waals surface area contributed by atoms with Gasteiger partial charge in [0, 0.05) is 6.54 Å². The molecule has 3 N–H and O–H groups in total. The second kappa shape index (κ2) is 2.87. The Kier molecular flexibility index (Phi) is 2.09. The molecular formula is C6H10N2O3. The van der Waals surface area contributed by atoms with E-state index >= 15 is 0 Å². The van der Waals surface area contributed by atoms with Crippen LogP contribution < -0.4 is 5.73 Å². The molecule has 0 spiro atoms. The molecule has 0 aromatic carbocycles. The second-order valence-corrected chi connectivity index (χ2v) is 2.56. The van der Waals surface area contributed by atoms with Gasteiger partial charge in [0.15, 0.2) is 0 Å². The summed E-state index contributed by atoms with van der Waals surface area (Å²) in [4.78, 5) is 21.5. The lowest BCUT2D eigenvalue weighted by Gasteiger charge is -2.24. The standard InChI is InChI=1S/C6H10N2O3/c7-5(9)4-2-1-3-8(11)6(4)10/h4,11H,1-3H2,(H2,7,9). The average Bonchev–Trinajstić information content (AvgIpc) is 1.94. The molecule has 1 fully saturated rings. The Morgan fingerprint density at radius 2 is 2.36 bits per heavy atom. The lowest BCUT2D eigenvalue weighted by atomic mass is 9.98. The van der Waals surface area contributed by atoms with Crippen molar-refractivity contribution in [3.8, 4) is 0 Å². The van der Waals surface area contributed by atoms with Gasteiger partial charge in [-0.1, -0.05) is 0 Å². The van der Waals surface area contributed by atoms with Crippen LogP contribution in [0.3, 0.4) is 0 Å². The Labute approximate surface area is 63.7 Å². The molecule has 62 valence electrons. The summed E-state index contributed by atoms with van der Waals surface area (Å²) < 4.78 is 0. The molecule has 0 radical (unpaired) electrons. The molecule has 0 aromatic rings. The second-order valence-electron chi connectivity index (χ2n) is 2.56. The molecule has 1 rings (SSSR count). The van der Waals surface area contributed by atoms with E-state index in [1.807, 2.05) is 0 Å². The molecule has 2 amide bonds. The summed E-state index contributed by atoms with van der Waals surface area (Å²) in [7, 11) is 0. The molecule has 1 unspecified atom stereocenters. The van der Waals surface area contributed by atoms with Crippen LogP contribution in [0.15, 0.2) is 0 Å². The summed E-state index contributed by atoms with van der Waals surface area (Å²) in [6, 6.07) is 0. The molecule has 1 saturated heterocycles. The summed E-state index contributed by atoms with van der Waals surface area (Å²) in [5.41, 5.74) is 4.92. The number of carbonyl (C=O) groups is 2. The quantitative estimate of drug-likeness (QED) is 0.383. The third-order valence-corrected chi connectivity index (χ3v) is 1.76. The molecule has 0 aliphatic carbocycles. The van der Waals surface area contributed by atoms with Gasteiger partial charge in [-0.2, -0.15) is 0 Å². The maximum atomic E-state index is 10.9.